The van der Waals surface area contributed by atoms with Crippen molar-refractivity contribution in [1.82, 2.24) is 9.97 Å². The zero-order chi connectivity index (χ0) is 13.3. The van der Waals surface area contributed by atoms with Gasteiger partial charge in [0.1, 0.15) is 17.0 Å². The molecule has 0 aliphatic rings. The molecule has 0 spiro atoms. The van der Waals surface area contributed by atoms with Gasteiger partial charge < -0.3 is 11.1 Å². The molecule has 0 aliphatic heterocycles. The average molecular weight is 272 g/mol. The Kier molecular flexibility index (Phi) is 3.45. The second-order valence-corrected chi connectivity index (χ2v) is 5.30. The van der Waals surface area contributed by atoms with Gasteiger partial charge in [0, 0.05) is 4.88 Å². The third-order valence-corrected chi connectivity index (χ3v) is 3.89. The Labute approximate surface area is 107 Å². The van der Waals surface area contributed by atoms with Gasteiger partial charge >= 0.3 is 0 Å². The van der Waals surface area contributed by atoms with Crippen LogP contribution in [0, 0.1) is 13.8 Å². The highest BCUT2D eigenvalue weighted by atomic mass is 32.1. The number of nitrogens with two attached hydrogens (primary N) is 1. The largest absolute Gasteiger partial charge is 0.363 e. The van der Waals surface area contributed by atoms with E-state index >= 15 is 0 Å². The fourth-order valence-corrected chi connectivity index (χ4v) is 2.60. The van der Waals surface area contributed by atoms with Gasteiger partial charge in [0.15, 0.2) is 0 Å². The number of halogens is 2. The summed E-state index contributed by atoms with van der Waals surface area (Å²) in [5, 5.41) is 3.47. The predicted octanol–water partition coefficient (Wildman–Crippen LogP) is 2.31. The van der Waals surface area contributed by atoms with Crippen molar-refractivity contribution in [2.75, 3.05) is 18.4 Å². The first-order valence-electron chi connectivity index (χ1n) is 5.47. The standard InChI is InChI=1S/C11H14F2N4S/c1-6-7(2)18-10-8(6)9(16-5-17-10)15-4-11(12,13)3-14/h5H,3-4,14H2,1-2H3,(H,15,16,17). The number of thiophene rings is 1. The molecular weight excluding hydrogens is 258 g/mol. The highest BCUT2D eigenvalue weighted by molar-refractivity contribution is 7.18. The van der Waals surface area contributed by atoms with Crippen LogP contribution < -0.4 is 11.1 Å². The van der Waals surface area contributed by atoms with Gasteiger partial charge in [-0.15, -0.1) is 11.3 Å². The SMILES string of the molecule is Cc1sc2ncnc(NCC(F)(F)CN)c2c1C. The van der Waals surface area contributed by atoms with Crippen molar-refractivity contribution >= 4 is 27.4 Å². The molecule has 0 saturated heterocycles. The number of anilines is 1. The summed E-state index contributed by atoms with van der Waals surface area (Å²) in [5.74, 6) is -2.49. The van der Waals surface area contributed by atoms with Gasteiger partial charge in [0.2, 0.25) is 0 Å². The van der Waals surface area contributed by atoms with Crippen LogP contribution in [-0.4, -0.2) is 29.0 Å². The van der Waals surface area contributed by atoms with E-state index in [1.165, 1.54) is 17.7 Å². The zero-order valence-corrected chi connectivity index (χ0v) is 10.9. The fourth-order valence-electron chi connectivity index (χ4n) is 1.60. The summed E-state index contributed by atoms with van der Waals surface area (Å²) in [6.45, 7) is 2.70. The van der Waals surface area contributed by atoms with Crippen molar-refractivity contribution in [3.8, 4) is 0 Å². The number of aromatic nitrogens is 2. The number of fused-ring (bicyclic) bond motifs is 1. The number of aryl methyl sites for hydroxylation is 2. The number of alkyl halides is 2. The molecule has 0 amide bonds. The number of hydrogen-bond acceptors (Lipinski definition) is 5. The molecule has 7 heteroatoms. The van der Waals surface area contributed by atoms with E-state index in [-0.39, 0.29) is 0 Å². The van der Waals surface area contributed by atoms with Gasteiger partial charge in [-0.2, -0.15) is 0 Å². The van der Waals surface area contributed by atoms with Gasteiger partial charge in [-0.1, -0.05) is 0 Å². The molecule has 98 valence electrons. The van der Waals surface area contributed by atoms with Crippen molar-refractivity contribution in [2.45, 2.75) is 19.8 Å². The summed E-state index contributed by atoms with van der Waals surface area (Å²) in [4.78, 5) is 10.1. The monoisotopic (exact) mass is 272 g/mol. The molecule has 0 saturated carbocycles. The van der Waals surface area contributed by atoms with E-state index in [1.807, 2.05) is 13.8 Å². The lowest BCUT2D eigenvalue weighted by molar-refractivity contribution is 0.0253. The molecule has 0 radical (unpaired) electrons. The molecule has 2 heterocycles. The first kappa shape index (κ1) is 13.1. The van der Waals surface area contributed by atoms with Crippen molar-refractivity contribution in [3.05, 3.63) is 16.8 Å². The van der Waals surface area contributed by atoms with Crippen LogP contribution in [0.5, 0.6) is 0 Å². The minimum Gasteiger partial charge on any atom is -0.363 e. The average Bonchev–Trinajstić information content (AvgIpc) is 2.63. The molecule has 4 nitrogen and oxygen atoms in total. The number of nitrogens with one attached hydrogen (secondary N) is 1. The summed E-state index contributed by atoms with van der Waals surface area (Å²) in [7, 11) is 0. The molecule has 2 aromatic heterocycles. The number of nitrogens with zero attached hydrogens (tertiary/aromatic N) is 2. The Morgan fingerprint density at radius 2 is 2.11 bits per heavy atom. The quantitative estimate of drug-likeness (QED) is 0.896. The minimum absolute atomic E-state index is 0.440. The lowest BCUT2D eigenvalue weighted by Gasteiger charge is -2.15. The second-order valence-electron chi connectivity index (χ2n) is 4.10. The third kappa shape index (κ3) is 2.41. The lowest BCUT2D eigenvalue weighted by atomic mass is 10.2. The second kappa shape index (κ2) is 4.74. The van der Waals surface area contributed by atoms with Crippen molar-refractivity contribution in [3.63, 3.8) is 0 Å². The van der Waals surface area contributed by atoms with E-state index in [0.717, 1.165) is 20.7 Å². The van der Waals surface area contributed by atoms with Crippen LogP contribution in [-0.2, 0) is 0 Å². The van der Waals surface area contributed by atoms with Crippen molar-refractivity contribution in [1.29, 1.82) is 0 Å². The van der Waals surface area contributed by atoms with Crippen LogP contribution in [0.1, 0.15) is 10.4 Å². The fraction of sp³-hybridized carbons (Fsp3) is 0.455. The zero-order valence-electron chi connectivity index (χ0n) is 10.1. The highest BCUT2D eigenvalue weighted by Gasteiger charge is 2.27. The maximum absolute atomic E-state index is 13.1. The third-order valence-electron chi connectivity index (χ3n) is 2.78. The van der Waals surface area contributed by atoms with Gasteiger partial charge in [0.25, 0.3) is 5.92 Å². The van der Waals surface area contributed by atoms with Gasteiger partial charge in [-0.25, -0.2) is 18.7 Å². The molecule has 0 atom stereocenters. The molecule has 0 aromatic carbocycles. The molecule has 0 fully saturated rings. The van der Waals surface area contributed by atoms with Crippen molar-refractivity contribution < 1.29 is 8.78 Å². The topological polar surface area (TPSA) is 63.8 Å². The molecule has 2 rings (SSSR count). The van der Waals surface area contributed by atoms with E-state index in [1.54, 1.807) is 0 Å². The molecule has 2 aromatic rings. The molecule has 18 heavy (non-hydrogen) atoms. The first-order chi connectivity index (χ1) is 8.44. The Bertz CT molecular complexity index is 567. The maximum atomic E-state index is 13.1. The Morgan fingerprint density at radius 3 is 2.78 bits per heavy atom. The van der Waals surface area contributed by atoms with Gasteiger partial charge in [-0.3, -0.25) is 0 Å². The van der Waals surface area contributed by atoms with Crippen LogP contribution in [0.3, 0.4) is 0 Å². The Hall–Kier alpha value is -1.34. The summed E-state index contributed by atoms with van der Waals surface area (Å²) in [6, 6.07) is 0. The summed E-state index contributed by atoms with van der Waals surface area (Å²) in [6.07, 6.45) is 1.38. The van der Waals surface area contributed by atoms with Crippen LogP contribution in [0.15, 0.2) is 6.33 Å². The van der Waals surface area contributed by atoms with Gasteiger partial charge in [-0.05, 0) is 19.4 Å². The molecule has 3 N–H and O–H groups in total. The van der Waals surface area contributed by atoms with E-state index in [0.29, 0.717) is 5.82 Å². The molecule has 0 bridgehead atoms. The molecule has 0 unspecified atom stereocenters. The van der Waals surface area contributed by atoms with Crippen LogP contribution in [0.2, 0.25) is 0 Å². The summed E-state index contributed by atoms with van der Waals surface area (Å²) in [5.41, 5.74) is 6.02. The van der Waals surface area contributed by atoms with E-state index < -0.39 is 19.0 Å². The lowest BCUT2D eigenvalue weighted by Crippen LogP contribution is -2.35. The van der Waals surface area contributed by atoms with Crippen LogP contribution in [0.25, 0.3) is 10.2 Å². The Balaban J connectivity index is 2.34. The highest BCUT2D eigenvalue weighted by Crippen LogP contribution is 2.32. The van der Waals surface area contributed by atoms with Crippen molar-refractivity contribution in [2.24, 2.45) is 5.73 Å². The van der Waals surface area contributed by atoms with E-state index in [2.05, 4.69) is 15.3 Å². The normalized spacial score (nSPS) is 12.1. The molecule has 0 aliphatic carbocycles. The molecular formula is C11H14F2N4S. The smallest absolute Gasteiger partial charge is 0.276 e. The van der Waals surface area contributed by atoms with E-state index in [4.69, 9.17) is 5.73 Å². The Morgan fingerprint density at radius 1 is 1.39 bits per heavy atom. The van der Waals surface area contributed by atoms with Gasteiger partial charge in [0.05, 0.1) is 18.5 Å². The van der Waals surface area contributed by atoms with Crippen LogP contribution in [0.4, 0.5) is 14.6 Å². The summed E-state index contributed by atoms with van der Waals surface area (Å²) >= 11 is 1.53. The summed E-state index contributed by atoms with van der Waals surface area (Å²) < 4.78 is 26.2. The number of rotatable bonds is 4. The number of hydrogen-bond donors (Lipinski definition) is 2. The van der Waals surface area contributed by atoms with Crippen LogP contribution >= 0.6 is 11.3 Å². The maximum Gasteiger partial charge on any atom is 0.276 e. The van der Waals surface area contributed by atoms with E-state index in [9.17, 15) is 8.78 Å². The minimum atomic E-state index is -2.93. The first-order valence-corrected chi connectivity index (χ1v) is 6.29. The predicted molar refractivity (Wildman–Crippen MR) is 69.4 cm³/mol.